The highest BCUT2D eigenvalue weighted by atomic mass is 16.5. The number of methoxy groups -OCH3 is 2. The van der Waals surface area contributed by atoms with Crippen LogP contribution < -0.4 is 14.8 Å². The molecule has 136 valence electrons. The number of piperazine rings is 1. The number of hydrogen-bond acceptors (Lipinski definition) is 5. The van der Waals surface area contributed by atoms with Gasteiger partial charge in [0.2, 0.25) is 11.8 Å². The van der Waals surface area contributed by atoms with Gasteiger partial charge in [0.1, 0.15) is 11.5 Å². The summed E-state index contributed by atoms with van der Waals surface area (Å²) in [7, 11) is 3.27. The number of nitrogens with one attached hydrogen (secondary N) is 1. The molecule has 0 unspecified atom stereocenters. The van der Waals surface area contributed by atoms with E-state index in [-0.39, 0.29) is 30.9 Å². The highest BCUT2D eigenvalue weighted by molar-refractivity contribution is 5.82. The maximum Gasteiger partial charge on any atom is 0.237 e. The van der Waals surface area contributed by atoms with Crippen molar-refractivity contribution >= 4 is 11.8 Å². The average Bonchev–Trinajstić information content (AvgIpc) is 3.11. The van der Waals surface area contributed by atoms with E-state index in [1.807, 2.05) is 28.0 Å². The number of hydrogen-bond donors (Lipinski definition) is 1. The SMILES string of the molecule is COc1ccc(OC)c([C@@H]2CCCN2C(=O)CN2CCNC(=O)C2)c1. The second-order valence-electron chi connectivity index (χ2n) is 6.41. The van der Waals surface area contributed by atoms with Crippen LogP contribution in [-0.2, 0) is 9.59 Å². The molecule has 0 aromatic heterocycles. The fraction of sp³-hybridized carbons (Fsp3) is 0.556. The van der Waals surface area contributed by atoms with E-state index in [0.717, 1.165) is 36.4 Å². The number of ether oxygens (including phenoxy) is 2. The zero-order valence-corrected chi connectivity index (χ0v) is 14.8. The number of likely N-dealkylation sites (tertiary alicyclic amines) is 1. The van der Waals surface area contributed by atoms with Gasteiger partial charge < -0.3 is 19.7 Å². The lowest BCUT2D eigenvalue weighted by molar-refractivity contribution is -0.134. The van der Waals surface area contributed by atoms with Crippen molar-refractivity contribution in [1.29, 1.82) is 0 Å². The smallest absolute Gasteiger partial charge is 0.237 e. The van der Waals surface area contributed by atoms with Gasteiger partial charge in [-0.1, -0.05) is 0 Å². The molecule has 0 radical (unpaired) electrons. The van der Waals surface area contributed by atoms with Crippen LogP contribution in [0.25, 0.3) is 0 Å². The third-order valence-corrected chi connectivity index (χ3v) is 4.85. The van der Waals surface area contributed by atoms with Gasteiger partial charge in [-0.2, -0.15) is 0 Å². The maximum atomic E-state index is 12.8. The molecule has 1 aromatic carbocycles. The van der Waals surface area contributed by atoms with Crippen molar-refractivity contribution in [3.8, 4) is 11.5 Å². The summed E-state index contributed by atoms with van der Waals surface area (Å²) in [6.45, 7) is 2.59. The van der Waals surface area contributed by atoms with Crippen molar-refractivity contribution in [3.05, 3.63) is 23.8 Å². The Morgan fingerprint density at radius 2 is 2.12 bits per heavy atom. The molecule has 0 saturated carbocycles. The van der Waals surface area contributed by atoms with Gasteiger partial charge in [-0.15, -0.1) is 0 Å². The molecule has 7 nitrogen and oxygen atoms in total. The molecular formula is C18H25N3O4. The van der Waals surface area contributed by atoms with Crippen LogP contribution in [0.1, 0.15) is 24.4 Å². The largest absolute Gasteiger partial charge is 0.497 e. The number of rotatable bonds is 5. The molecule has 0 spiro atoms. The van der Waals surface area contributed by atoms with Crippen molar-refractivity contribution in [2.75, 3.05) is 46.9 Å². The molecule has 7 heteroatoms. The fourth-order valence-corrected chi connectivity index (χ4v) is 3.60. The van der Waals surface area contributed by atoms with E-state index in [1.165, 1.54) is 0 Å². The molecule has 1 atom stereocenters. The topological polar surface area (TPSA) is 71.1 Å². The Balaban J connectivity index is 1.76. The van der Waals surface area contributed by atoms with Crippen LogP contribution in [0.2, 0.25) is 0 Å². The third kappa shape index (κ3) is 3.87. The number of carbonyl (C=O) groups is 2. The normalized spacial score (nSPS) is 21.1. The molecule has 2 fully saturated rings. The molecule has 1 N–H and O–H groups in total. The molecule has 0 aliphatic carbocycles. The van der Waals surface area contributed by atoms with Crippen LogP contribution in [0.4, 0.5) is 0 Å². The Bertz CT molecular complexity index is 649. The van der Waals surface area contributed by atoms with Crippen LogP contribution >= 0.6 is 0 Å². The summed E-state index contributed by atoms with van der Waals surface area (Å²) >= 11 is 0. The predicted octanol–water partition coefficient (Wildman–Crippen LogP) is 0.799. The molecule has 2 saturated heterocycles. The van der Waals surface area contributed by atoms with Crippen LogP contribution in [0.15, 0.2) is 18.2 Å². The number of carbonyl (C=O) groups excluding carboxylic acids is 2. The van der Waals surface area contributed by atoms with Gasteiger partial charge in [0.05, 0.1) is 33.4 Å². The number of benzene rings is 1. The van der Waals surface area contributed by atoms with Crippen molar-refractivity contribution in [2.45, 2.75) is 18.9 Å². The van der Waals surface area contributed by atoms with Crippen molar-refractivity contribution < 1.29 is 19.1 Å². The Hall–Kier alpha value is -2.28. The zero-order valence-electron chi connectivity index (χ0n) is 14.8. The van der Waals surface area contributed by atoms with E-state index in [1.54, 1.807) is 14.2 Å². The first-order valence-electron chi connectivity index (χ1n) is 8.63. The summed E-state index contributed by atoms with van der Waals surface area (Å²) in [5.74, 6) is 1.55. The average molecular weight is 347 g/mol. The van der Waals surface area contributed by atoms with Gasteiger partial charge in [0.15, 0.2) is 0 Å². The Morgan fingerprint density at radius 1 is 1.28 bits per heavy atom. The van der Waals surface area contributed by atoms with E-state index in [4.69, 9.17) is 9.47 Å². The monoisotopic (exact) mass is 347 g/mol. The van der Waals surface area contributed by atoms with Crippen LogP contribution in [0.5, 0.6) is 11.5 Å². The molecule has 25 heavy (non-hydrogen) atoms. The highest BCUT2D eigenvalue weighted by Crippen LogP contribution is 2.38. The second-order valence-corrected chi connectivity index (χ2v) is 6.41. The van der Waals surface area contributed by atoms with Crippen molar-refractivity contribution in [2.24, 2.45) is 0 Å². The first-order chi connectivity index (χ1) is 12.1. The first kappa shape index (κ1) is 17.5. The molecule has 2 heterocycles. The lowest BCUT2D eigenvalue weighted by Crippen LogP contribution is -2.51. The van der Waals surface area contributed by atoms with E-state index in [2.05, 4.69) is 5.32 Å². The lowest BCUT2D eigenvalue weighted by atomic mass is 10.0. The summed E-state index contributed by atoms with van der Waals surface area (Å²) in [6.07, 6.45) is 1.85. The Morgan fingerprint density at radius 3 is 2.84 bits per heavy atom. The van der Waals surface area contributed by atoms with E-state index in [9.17, 15) is 9.59 Å². The predicted molar refractivity (Wildman–Crippen MR) is 92.7 cm³/mol. The van der Waals surface area contributed by atoms with Gasteiger partial charge in [-0.25, -0.2) is 0 Å². The quantitative estimate of drug-likeness (QED) is 0.853. The number of amides is 2. The van der Waals surface area contributed by atoms with E-state index < -0.39 is 0 Å². The molecule has 1 aromatic rings. The lowest BCUT2D eigenvalue weighted by Gasteiger charge is -2.31. The van der Waals surface area contributed by atoms with E-state index >= 15 is 0 Å². The van der Waals surface area contributed by atoms with Crippen LogP contribution in [0, 0.1) is 0 Å². The van der Waals surface area contributed by atoms with Crippen LogP contribution in [-0.4, -0.2) is 68.6 Å². The highest BCUT2D eigenvalue weighted by Gasteiger charge is 2.33. The summed E-state index contributed by atoms with van der Waals surface area (Å²) < 4.78 is 10.8. The van der Waals surface area contributed by atoms with Gasteiger partial charge in [0, 0.05) is 25.2 Å². The third-order valence-electron chi connectivity index (χ3n) is 4.85. The summed E-state index contributed by atoms with van der Waals surface area (Å²) in [4.78, 5) is 28.2. The van der Waals surface area contributed by atoms with Crippen molar-refractivity contribution in [3.63, 3.8) is 0 Å². The summed E-state index contributed by atoms with van der Waals surface area (Å²) in [6, 6.07) is 5.67. The first-order valence-corrected chi connectivity index (χ1v) is 8.63. The molecule has 3 rings (SSSR count). The second kappa shape index (κ2) is 7.74. The Labute approximate surface area is 147 Å². The minimum absolute atomic E-state index is 0.0174. The fourth-order valence-electron chi connectivity index (χ4n) is 3.60. The van der Waals surface area contributed by atoms with E-state index in [0.29, 0.717) is 13.1 Å². The van der Waals surface area contributed by atoms with Crippen molar-refractivity contribution in [1.82, 2.24) is 15.1 Å². The molecule has 2 amide bonds. The summed E-state index contributed by atoms with van der Waals surface area (Å²) in [5.41, 5.74) is 0.976. The van der Waals surface area contributed by atoms with Crippen LogP contribution in [0.3, 0.4) is 0 Å². The summed E-state index contributed by atoms with van der Waals surface area (Å²) in [5, 5.41) is 2.78. The molecule has 2 aliphatic rings. The maximum absolute atomic E-state index is 12.8. The minimum atomic E-state index is -0.0218. The van der Waals surface area contributed by atoms with Gasteiger partial charge in [-0.05, 0) is 31.0 Å². The molecule has 2 aliphatic heterocycles. The standard InChI is InChI=1S/C18H25N3O4/c1-24-13-5-6-16(25-2)14(10-13)15-4-3-8-21(15)18(23)12-20-9-7-19-17(22)11-20/h5-6,10,15H,3-4,7-9,11-12H2,1-2H3,(H,19,22)/t15-/m0/s1. The minimum Gasteiger partial charge on any atom is -0.497 e. The van der Waals surface area contributed by atoms with Gasteiger partial charge in [-0.3, -0.25) is 14.5 Å². The molecule has 0 bridgehead atoms. The number of nitrogens with zero attached hydrogens (tertiary/aromatic N) is 2. The molecular weight excluding hydrogens is 322 g/mol. The Kier molecular flexibility index (Phi) is 5.43. The zero-order chi connectivity index (χ0) is 17.8. The van der Waals surface area contributed by atoms with Gasteiger partial charge in [0.25, 0.3) is 0 Å². The van der Waals surface area contributed by atoms with Gasteiger partial charge >= 0.3 is 0 Å².